The van der Waals surface area contributed by atoms with E-state index >= 15 is 0 Å². The van der Waals surface area contributed by atoms with Crippen LogP contribution in [0.1, 0.15) is 72.4 Å². The number of unbranched alkanes of at least 4 members (excludes halogenated alkanes) is 2. The molecular formula is C46H62ClN5O10S2. The highest BCUT2D eigenvalue weighted by molar-refractivity contribution is 7.86. The fourth-order valence-corrected chi connectivity index (χ4v) is 6.11. The summed E-state index contributed by atoms with van der Waals surface area (Å²) in [6.07, 6.45) is 3.99. The standard InChI is InChI=1S/C23H25N.C19H24N4O2.2C2H6O4S.ClH/c1-19(20-11-5-2-6-12-20)24-18-17-23(21-13-7-3-8-14-21)22-15-9-4-10-16-22;20-18(21)14-4-8-16(9-5-14)24-12-2-1-3-13-25-17-10-6-15(7-11-17)19(22)23;2*3-1-2-7(4,5)6;/h2-16,19,23-24H,17-18H2,1H3;4-11H,1-3,12-13H2,(H3,20,21)(H3,22,23);2*3H,1-2H2,(H,4,5,6);1H. The Morgan fingerprint density at radius 3 is 1.22 bits per heavy atom. The molecule has 1 atom stereocenters. The lowest BCUT2D eigenvalue weighted by Crippen LogP contribution is -2.21. The van der Waals surface area contributed by atoms with Crippen LogP contribution in [0.3, 0.4) is 0 Å². The molecule has 0 aliphatic carbocycles. The van der Waals surface area contributed by atoms with Crippen LogP contribution < -0.4 is 26.3 Å². The van der Waals surface area contributed by atoms with Gasteiger partial charge in [-0.25, -0.2) is 0 Å². The zero-order valence-electron chi connectivity index (χ0n) is 35.8. The van der Waals surface area contributed by atoms with Crippen LogP contribution in [0.4, 0.5) is 0 Å². The maximum absolute atomic E-state index is 9.63. The number of benzene rings is 5. The van der Waals surface area contributed by atoms with Gasteiger partial charge in [0.15, 0.2) is 0 Å². The van der Waals surface area contributed by atoms with Crippen molar-refractivity contribution < 1.29 is 45.6 Å². The fraction of sp³-hybridized carbons (Fsp3) is 0.304. The first-order chi connectivity index (χ1) is 30.0. The zero-order valence-corrected chi connectivity index (χ0v) is 38.3. The minimum absolute atomic E-state index is 0. The molecule has 0 fully saturated rings. The van der Waals surface area contributed by atoms with Crippen LogP contribution in [-0.4, -0.2) is 92.3 Å². The number of nitrogens with two attached hydrogens (primary N) is 2. The molecule has 0 saturated heterocycles. The van der Waals surface area contributed by atoms with Gasteiger partial charge >= 0.3 is 0 Å². The van der Waals surface area contributed by atoms with Crippen molar-refractivity contribution in [1.82, 2.24) is 5.32 Å². The molecule has 0 amide bonds. The van der Waals surface area contributed by atoms with Gasteiger partial charge in [0, 0.05) is 23.1 Å². The van der Waals surface area contributed by atoms with Crippen LogP contribution in [-0.2, 0) is 20.2 Å². The van der Waals surface area contributed by atoms with Crippen molar-refractivity contribution >= 4 is 44.3 Å². The lowest BCUT2D eigenvalue weighted by atomic mass is 9.88. The number of ether oxygens (including phenoxy) is 2. The first kappa shape index (κ1) is 56.6. The monoisotopic (exact) mass is 943 g/mol. The Bertz CT molecular complexity index is 2110. The van der Waals surface area contributed by atoms with E-state index in [1.54, 1.807) is 24.3 Å². The van der Waals surface area contributed by atoms with Gasteiger partial charge in [0.05, 0.1) is 37.9 Å². The number of amidine groups is 2. The maximum atomic E-state index is 9.63. The molecule has 0 aliphatic rings. The lowest BCUT2D eigenvalue weighted by molar-refractivity contribution is 0.279. The molecule has 15 nitrogen and oxygen atoms in total. The summed E-state index contributed by atoms with van der Waals surface area (Å²) in [5.41, 5.74) is 16.3. The highest BCUT2D eigenvalue weighted by Gasteiger charge is 2.14. The molecule has 0 aliphatic heterocycles. The predicted octanol–water partition coefficient (Wildman–Crippen LogP) is 6.60. The summed E-state index contributed by atoms with van der Waals surface area (Å²) in [5, 5.41) is 34.1. The summed E-state index contributed by atoms with van der Waals surface area (Å²) >= 11 is 0. The molecule has 1 unspecified atom stereocenters. The van der Waals surface area contributed by atoms with Gasteiger partial charge in [0.1, 0.15) is 23.2 Å². The predicted molar refractivity (Wildman–Crippen MR) is 256 cm³/mol. The Morgan fingerprint density at radius 1 is 0.578 bits per heavy atom. The molecule has 350 valence electrons. The fourth-order valence-electron chi connectivity index (χ4n) is 5.65. The number of hydrogen-bond donors (Lipinski definition) is 9. The van der Waals surface area contributed by atoms with Gasteiger partial charge in [-0.05, 0) is 104 Å². The molecule has 0 bridgehead atoms. The summed E-state index contributed by atoms with van der Waals surface area (Å²) in [6.45, 7) is 3.46. The molecule has 5 rings (SSSR count). The SMILES string of the molecule is CC(NCCC(c1ccccc1)c1ccccc1)c1ccccc1.Cl.N=C(N)c1ccc(OCCCCCOc2ccc(C(=N)N)cc2)cc1.O=S(=O)(O)CCO.O=S(=O)(O)CCO. The van der Waals surface area contributed by atoms with Gasteiger partial charge < -0.3 is 36.5 Å². The van der Waals surface area contributed by atoms with E-state index in [-0.39, 0.29) is 24.1 Å². The summed E-state index contributed by atoms with van der Waals surface area (Å²) in [7, 11) is -7.85. The van der Waals surface area contributed by atoms with Crippen LogP contribution in [0.5, 0.6) is 11.5 Å². The Hall–Kier alpha value is -5.37. The Morgan fingerprint density at radius 2 is 0.922 bits per heavy atom. The molecule has 5 aromatic rings. The number of nitrogen functional groups attached to an aromatic ring is 2. The van der Waals surface area contributed by atoms with E-state index in [0.29, 0.717) is 36.3 Å². The van der Waals surface area contributed by atoms with Gasteiger partial charge in [-0.15, -0.1) is 12.4 Å². The highest BCUT2D eigenvalue weighted by Crippen LogP contribution is 2.28. The minimum Gasteiger partial charge on any atom is -0.494 e. The van der Waals surface area contributed by atoms with Crippen LogP contribution in [0, 0.1) is 10.8 Å². The van der Waals surface area contributed by atoms with E-state index in [4.69, 9.17) is 51.1 Å². The van der Waals surface area contributed by atoms with E-state index in [2.05, 4.69) is 103 Å². The van der Waals surface area contributed by atoms with Crippen LogP contribution in [0.2, 0.25) is 0 Å². The van der Waals surface area contributed by atoms with Crippen molar-refractivity contribution in [1.29, 1.82) is 10.8 Å². The molecule has 0 aromatic heterocycles. The summed E-state index contributed by atoms with van der Waals surface area (Å²) in [6, 6.07) is 47.1. The molecule has 0 radical (unpaired) electrons. The van der Waals surface area contributed by atoms with E-state index in [0.717, 1.165) is 43.7 Å². The number of rotatable bonds is 21. The average molecular weight is 945 g/mol. The van der Waals surface area contributed by atoms with Gasteiger partial charge in [0.25, 0.3) is 20.2 Å². The normalized spacial score (nSPS) is 11.2. The molecule has 11 N–H and O–H groups in total. The van der Waals surface area contributed by atoms with Crippen molar-refractivity contribution in [2.75, 3.05) is 44.5 Å². The molecule has 18 heteroatoms. The summed E-state index contributed by atoms with van der Waals surface area (Å²) in [5.74, 6) is 0.964. The minimum atomic E-state index is -3.92. The second kappa shape index (κ2) is 31.5. The number of nitrogens with one attached hydrogen (secondary N) is 3. The van der Waals surface area contributed by atoms with Crippen LogP contribution >= 0.6 is 12.4 Å². The Kier molecular flexibility index (Phi) is 27.9. The van der Waals surface area contributed by atoms with Crippen molar-refractivity contribution in [3.63, 3.8) is 0 Å². The van der Waals surface area contributed by atoms with Gasteiger partial charge in [-0.1, -0.05) is 91.0 Å². The average Bonchev–Trinajstić information content (AvgIpc) is 3.26. The number of aliphatic hydroxyl groups is 2. The molecular weight excluding hydrogens is 882 g/mol. The molecule has 0 spiro atoms. The van der Waals surface area contributed by atoms with Gasteiger partial charge in [-0.2, -0.15) is 16.8 Å². The topological polar surface area (TPSA) is 279 Å². The Balaban J connectivity index is 0.000000489. The van der Waals surface area contributed by atoms with E-state index in [1.165, 1.54) is 16.7 Å². The van der Waals surface area contributed by atoms with Crippen molar-refractivity contribution in [2.45, 2.75) is 44.6 Å². The third-order valence-electron chi connectivity index (χ3n) is 8.94. The summed E-state index contributed by atoms with van der Waals surface area (Å²) < 4.78 is 65.5. The van der Waals surface area contributed by atoms with Crippen molar-refractivity contribution in [3.05, 3.63) is 167 Å². The second-order valence-corrected chi connectivity index (χ2v) is 17.0. The van der Waals surface area contributed by atoms with E-state index in [9.17, 15) is 16.8 Å². The van der Waals surface area contributed by atoms with E-state index < -0.39 is 45.0 Å². The molecule has 64 heavy (non-hydrogen) atoms. The third kappa shape index (κ3) is 25.7. The molecule has 5 aromatic carbocycles. The van der Waals surface area contributed by atoms with Gasteiger partial charge in [0.2, 0.25) is 0 Å². The van der Waals surface area contributed by atoms with Crippen molar-refractivity contribution in [2.24, 2.45) is 11.5 Å². The first-order valence-electron chi connectivity index (χ1n) is 20.2. The smallest absolute Gasteiger partial charge is 0.267 e. The number of halogens is 1. The highest BCUT2D eigenvalue weighted by atomic mass is 35.5. The maximum Gasteiger partial charge on any atom is 0.267 e. The zero-order chi connectivity index (χ0) is 46.5. The Labute approximate surface area is 383 Å². The largest absolute Gasteiger partial charge is 0.494 e. The molecule has 0 heterocycles. The lowest BCUT2D eigenvalue weighted by Gasteiger charge is -2.20. The van der Waals surface area contributed by atoms with Crippen LogP contribution in [0.15, 0.2) is 140 Å². The van der Waals surface area contributed by atoms with E-state index in [1.807, 2.05) is 24.3 Å². The third-order valence-corrected chi connectivity index (χ3v) is 10.3. The number of aliphatic hydroxyl groups excluding tert-OH is 2. The first-order valence-corrected chi connectivity index (χ1v) is 23.4. The second-order valence-electron chi connectivity index (χ2n) is 13.9. The number of hydrogen-bond acceptors (Lipinski definition) is 11. The summed E-state index contributed by atoms with van der Waals surface area (Å²) in [4.78, 5) is 0. The van der Waals surface area contributed by atoms with Gasteiger partial charge in [-0.3, -0.25) is 19.9 Å². The quantitative estimate of drug-likeness (QED) is 0.0163. The van der Waals surface area contributed by atoms with Crippen molar-refractivity contribution in [3.8, 4) is 11.5 Å². The molecule has 0 saturated carbocycles. The van der Waals surface area contributed by atoms with Crippen LogP contribution in [0.25, 0.3) is 0 Å².